The molecule has 1 atom stereocenters. The number of rotatable bonds is 5. The van der Waals surface area contributed by atoms with E-state index in [4.69, 9.17) is 11.6 Å². The number of hydrogen-bond donors (Lipinski definition) is 1. The van der Waals surface area contributed by atoms with Crippen LogP contribution in [0.25, 0.3) is 0 Å². The summed E-state index contributed by atoms with van der Waals surface area (Å²) in [4.78, 5) is 12.5. The van der Waals surface area contributed by atoms with E-state index in [1.807, 2.05) is 0 Å². The van der Waals surface area contributed by atoms with Crippen molar-refractivity contribution in [3.05, 3.63) is 64.4 Å². The molecule has 0 radical (unpaired) electrons. The van der Waals surface area contributed by atoms with Gasteiger partial charge in [-0.25, -0.2) is 17.1 Å². The minimum atomic E-state index is -3.68. The normalized spacial score (nSPS) is 12.9. The van der Waals surface area contributed by atoms with Crippen molar-refractivity contribution in [2.24, 2.45) is 0 Å². The summed E-state index contributed by atoms with van der Waals surface area (Å²) in [5.74, 6) is -0.885. The second-order valence-electron chi connectivity index (χ2n) is 5.68. The zero-order chi connectivity index (χ0) is 18.8. The van der Waals surface area contributed by atoms with E-state index in [-0.39, 0.29) is 21.3 Å². The minimum Gasteiger partial charge on any atom is -0.345 e. The highest BCUT2D eigenvalue weighted by Crippen LogP contribution is 2.23. The van der Waals surface area contributed by atoms with Gasteiger partial charge in [0.05, 0.1) is 21.5 Å². The van der Waals surface area contributed by atoms with E-state index in [1.54, 1.807) is 19.1 Å². The van der Waals surface area contributed by atoms with Crippen LogP contribution in [0, 0.1) is 5.82 Å². The van der Waals surface area contributed by atoms with Gasteiger partial charge in [-0.1, -0.05) is 23.7 Å². The molecule has 0 aliphatic heterocycles. The molecule has 0 saturated carbocycles. The van der Waals surface area contributed by atoms with Gasteiger partial charge in [-0.15, -0.1) is 0 Å². The average Bonchev–Trinajstić information content (AvgIpc) is 2.55. The van der Waals surface area contributed by atoms with Gasteiger partial charge in [0.2, 0.25) is 10.0 Å². The smallest absolute Gasteiger partial charge is 0.253 e. The molecule has 134 valence electrons. The van der Waals surface area contributed by atoms with E-state index in [1.165, 1.54) is 44.4 Å². The molecule has 8 heteroatoms. The Balaban J connectivity index is 2.28. The maximum atomic E-state index is 13.0. The molecule has 5 nitrogen and oxygen atoms in total. The van der Waals surface area contributed by atoms with Crippen molar-refractivity contribution in [3.8, 4) is 0 Å². The Hall–Kier alpha value is -1.96. The second kappa shape index (κ2) is 7.51. The van der Waals surface area contributed by atoms with Crippen molar-refractivity contribution in [1.82, 2.24) is 9.62 Å². The van der Waals surface area contributed by atoms with Crippen LogP contribution >= 0.6 is 11.6 Å². The van der Waals surface area contributed by atoms with Crippen molar-refractivity contribution in [2.75, 3.05) is 14.1 Å². The predicted octanol–water partition coefficient (Wildman–Crippen LogP) is 3.22. The van der Waals surface area contributed by atoms with Gasteiger partial charge >= 0.3 is 0 Å². The molecule has 0 aliphatic carbocycles. The number of benzene rings is 2. The molecule has 0 spiro atoms. The number of halogens is 2. The van der Waals surface area contributed by atoms with Gasteiger partial charge in [-0.05, 0) is 42.8 Å². The van der Waals surface area contributed by atoms with E-state index in [0.717, 1.165) is 4.31 Å². The van der Waals surface area contributed by atoms with Crippen LogP contribution in [-0.2, 0) is 10.0 Å². The van der Waals surface area contributed by atoms with Gasteiger partial charge in [-0.2, -0.15) is 0 Å². The molecule has 2 aromatic carbocycles. The maximum absolute atomic E-state index is 13.0. The minimum absolute atomic E-state index is 0.0264. The molecular formula is C17H18ClFN2O3S. The van der Waals surface area contributed by atoms with Crippen molar-refractivity contribution >= 4 is 27.5 Å². The van der Waals surface area contributed by atoms with E-state index in [9.17, 15) is 17.6 Å². The fourth-order valence-corrected chi connectivity index (χ4v) is 3.29. The van der Waals surface area contributed by atoms with Crippen LogP contribution in [0.1, 0.15) is 28.9 Å². The monoisotopic (exact) mass is 384 g/mol. The first-order chi connectivity index (χ1) is 11.6. The molecule has 0 unspecified atom stereocenters. The lowest BCUT2D eigenvalue weighted by atomic mass is 10.1. The van der Waals surface area contributed by atoms with E-state index < -0.39 is 22.0 Å². The van der Waals surface area contributed by atoms with E-state index >= 15 is 0 Å². The van der Waals surface area contributed by atoms with Gasteiger partial charge in [0.25, 0.3) is 5.91 Å². The van der Waals surface area contributed by atoms with Crippen molar-refractivity contribution in [1.29, 1.82) is 0 Å². The highest BCUT2D eigenvalue weighted by Gasteiger charge is 2.21. The summed E-state index contributed by atoms with van der Waals surface area (Å²) in [7, 11) is -0.876. The lowest BCUT2D eigenvalue weighted by Gasteiger charge is -2.16. The zero-order valence-electron chi connectivity index (χ0n) is 14.0. The van der Waals surface area contributed by atoms with Crippen LogP contribution in [0.5, 0.6) is 0 Å². The second-order valence-corrected chi connectivity index (χ2v) is 8.23. The lowest BCUT2D eigenvalue weighted by Crippen LogP contribution is -2.28. The molecule has 0 heterocycles. The molecule has 25 heavy (non-hydrogen) atoms. The molecular weight excluding hydrogens is 367 g/mol. The first-order valence-electron chi connectivity index (χ1n) is 7.41. The van der Waals surface area contributed by atoms with Gasteiger partial charge in [0.15, 0.2) is 0 Å². The number of carbonyl (C=O) groups excluding carboxylic acids is 1. The van der Waals surface area contributed by atoms with Crippen LogP contribution in [0.3, 0.4) is 0 Å². The standard InChI is InChI=1S/C17H18ClFN2O3S/c1-11(12-4-6-13(19)7-5-12)20-17(22)15-10-14(8-9-16(15)18)25(23,24)21(2)3/h4-11H,1-3H3,(H,20,22)/t11-/m0/s1. The van der Waals surface area contributed by atoms with Gasteiger partial charge in [0, 0.05) is 14.1 Å². The van der Waals surface area contributed by atoms with Gasteiger partial charge < -0.3 is 5.32 Å². The molecule has 0 saturated heterocycles. The molecule has 0 aliphatic rings. The Kier molecular flexibility index (Phi) is 5.82. The number of nitrogens with one attached hydrogen (secondary N) is 1. The molecule has 0 aromatic heterocycles. The Morgan fingerprint density at radius 1 is 1.16 bits per heavy atom. The summed E-state index contributed by atoms with van der Waals surface area (Å²) in [6.45, 7) is 1.74. The quantitative estimate of drug-likeness (QED) is 0.860. The molecule has 2 aromatic rings. The van der Waals surface area contributed by atoms with E-state index in [2.05, 4.69) is 5.32 Å². The highest BCUT2D eigenvalue weighted by atomic mass is 35.5. The molecule has 1 amide bonds. The largest absolute Gasteiger partial charge is 0.345 e. The highest BCUT2D eigenvalue weighted by molar-refractivity contribution is 7.89. The Labute approximate surface area is 151 Å². The third-order valence-electron chi connectivity index (χ3n) is 3.68. The van der Waals surface area contributed by atoms with Gasteiger partial charge in [0.1, 0.15) is 5.82 Å². The maximum Gasteiger partial charge on any atom is 0.253 e. The molecule has 0 bridgehead atoms. The summed E-state index contributed by atoms with van der Waals surface area (Å²) in [5, 5.41) is 2.87. The number of sulfonamides is 1. The first kappa shape index (κ1) is 19.4. The fraction of sp³-hybridized carbons (Fsp3) is 0.235. The van der Waals surface area contributed by atoms with Crippen LogP contribution in [0.2, 0.25) is 5.02 Å². The zero-order valence-corrected chi connectivity index (χ0v) is 15.5. The van der Waals surface area contributed by atoms with Crippen molar-refractivity contribution < 1.29 is 17.6 Å². The average molecular weight is 385 g/mol. The number of amides is 1. The van der Waals surface area contributed by atoms with Crippen LogP contribution in [0.4, 0.5) is 4.39 Å². The summed E-state index contributed by atoms with van der Waals surface area (Å²) in [6.07, 6.45) is 0. The summed E-state index contributed by atoms with van der Waals surface area (Å²) in [6, 6.07) is 9.28. The summed E-state index contributed by atoms with van der Waals surface area (Å²) < 4.78 is 38.5. The molecule has 2 rings (SSSR count). The number of nitrogens with zero attached hydrogens (tertiary/aromatic N) is 1. The van der Waals surface area contributed by atoms with Crippen molar-refractivity contribution in [3.63, 3.8) is 0 Å². The van der Waals surface area contributed by atoms with E-state index in [0.29, 0.717) is 5.56 Å². The SMILES string of the molecule is C[C@H](NC(=O)c1cc(S(=O)(=O)N(C)C)ccc1Cl)c1ccc(F)cc1. The third kappa shape index (κ3) is 4.36. The van der Waals surface area contributed by atoms with Crippen LogP contribution < -0.4 is 5.32 Å². The Bertz CT molecular complexity index is 883. The Morgan fingerprint density at radius 2 is 1.76 bits per heavy atom. The molecule has 0 fully saturated rings. The first-order valence-corrected chi connectivity index (χ1v) is 9.23. The fourth-order valence-electron chi connectivity index (χ4n) is 2.16. The number of carbonyl (C=O) groups is 1. The lowest BCUT2D eigenvalue weighted by molar-refractivity contribution is 0.0940. The molecule has 1 N–H and O–H groups in total. The van der Waals surface area contributed by atoms with Crippen LogP contribution in [-0.4, -0.2) is 32.7 Å². The van der Waals surface area contributed by atoms with Crippen molar-refractivity contribution in [2.45, 2.75) is 17.9 Å². The topological polar surface area (TPSA) is 66.5 Å². The summed E-state index contributed by atoms with van der Waals surface area (Å²) >= 11 is 6.05. The summed E-state index contributed by atoms with van der Waals surface area (Å²) in [5.41, 5.74) is 0.765. The third-order valence-corrected chi connectivity index (χ3v) is 5.82. The van der Waals surface area contributed by atoms with Gasteiger partial charge in [-0.3, -0.25) is 4.79 Å². The Morgan fingerprint density at radius 3 is 2.32 bits per heavy atom. The van der Waals surface area contributed by atoms with Crippen LogP contribution in [0.15, 0.2) is 47.4 Å². The predicted molar refractivity (Wildman–Crippen MR) is 94.6 cm³/mol. The number of hydrogen-bond acceptors (Lipinski definition) is 3.